The van der Waals surface area contributed by atoms with Crippen molar-refractivity contribution in [1.82, 2.24) is 0 Å². The molecular formula is C17H21O4P. The Labute approximate surface area is 131 Å². The molecule has 0 saturated carbocycles. The lowest BCUT2D eigenvalue weighted by molar-refractivity contribution is 0.103. The molecule has 0 aromatic heterocycles. The molecule has 0 aliphatic carbocycles. The van der Waals surface area contributed by atoms with Gasteiger partial charge in [0.2, 0.25) is 0 Å². The Bertz CT molecular complexity index is 539. The van der Waals surface area contributed by atoms with Crippen LogP contribution in [0.2, 0.25) is 0 Å². The summed E-state index contributed by atoms with van der Waals surface area (Å²) in [5.41, 5.74) is 1.84. The van der Waals surface area contributed by atoms with Gasteiger partial charge in [-0.1, -0.05) is 67.6 Å². The number of benzene rings is 2. The van der Waals surface area contributed by atoms with E-state index >= 15 is 0 Å². The van der Waals surface area contributed by atoms with Crippen LogP contribution in [-0.4, -0.2) is 6.61 Å². The molecule has 0 amide bonds. The first kappa shape index (κ1) is 16.9. The molecule has 0 N–H and O–H groups in total. The van der Waals surface area contributed by atoms with E-state index in [1.165, 1.54) is 0 Å². The molecule has 0 bridgehead atoms. The van der Waals surface area contributed by atoms with Gasteiger partial charge in [0.05, 0.1) is 19.8 Å². The summed E-state index contributed by atoms with van der Waals surface area (Å²) in [5.74, 6) is 0. The number of phosphoric acid groups is 1. The minimum atomic E-state index is -3.57. The van der Waals surface area contributed by atoms with Gasteiger partial charge >= 0.3 is 7.82 Å². The van der Waals surface area contributed by atoms with E-state index in [-0.39, 0.29) is 13.2 Å². The van der Waals surface area contributed by atoms with E-state index in [1.54, 1.807) is 0 Å². The predicted octanol–water partition coefficient (Wildman–Crippen LogP) is 4.95. The molecule has 0 heterocycles. The highest BCUT2D eigenvalue weighted by molar-refractivity contribution is 7.48. The van der Waals surface area contributed by atoms with Crippen LogP contribution in [0.5, 0.6) is 0 Å². The second-order valence-corrected chi connectivity index (χ2v) is 6.47. The van der Waals surface area contributed by atoms with Crippen molar-refractivity contribution in [3.8, 4) is 0 Å². The highest BCUT2D eigenvalue weighted by Crippen LogP contribution is 2.50. The van der Waals surface area contributed by atoms with Crippen molar-refractivity contribution in [3.63, 3.8) is 0 Å². The third-order valence-corrected chi connectivity index (χ3v) is 4.31. The summed E-state index contributed by atoms with van der Waals surface area (Å²) >= 11 is 0. The van der Waals surface area contributed by atoms with Crippen LogP contribution in [0.15, 0.2) is 60.7 Å². The Morgan fingerprint density at radius 2 is 1.23 bits per heavy atom. The molecule has 0 radical (unpaired) electrons. The summed E-state index contributed by atoms with van der Waals surface area (Å²) < 4.78 is 28.9. The Kier molecular flexibility index (Phi) is 6.81. The number of phosphoric ester groups is 1. The fourth-order valence-electron chi connectivity index (χ4n) is 1.77. The molecular weight excluding hydrogens is 299 g/mol. The first-order valence-electron chi connectivity index (χ1n) is 7.33. The fourth-order valence-corrected chi connectivity index (χ4v) is 3.01. The van der Waals surface area contributed by atoms with Crippen LogP contribution in [-0.2, 0) is 31.4 Å². The smallest absolute Gasteiger partial charge is 0.287 e. The highest BCUT2D eigenvalue weighted by atomic mass is 31.2. The lowest BCUT2D eigenvalue weighted by atomic mass is 10.2. The average Bonchev–Trinajstić information content (AvgIpc) is 2.59. The van der Waals surface area contributed by atoms with Crippen LogP contribution in [0.25, 0.3) is 0 Å². The summed E-state index contributed by atoms with van der Waals surface area (Å²) in [5, 5.41) is 0. The summed E-state index contributed by atoms with van der Waals surface area (Å²) in [4.78, 5) is 0. The van der Waals surface area contributed by atoms with Gasteiger partial charge in [0.1, 0.15) is 0 Å². The fraction of sp³-hybridized carbons (Fsp3) is 0.294. The van der Waals surface area contributed by atoms with Gasteiger partial charge in [-0.25, -0.2) is 4.57 Å². The third kappa shape index (κ3) is 5.74. The number of hydrogen-bond donors (Lipinski definition) is 0. The molecule has 2 aromatic rings. The summed E-state index contributed by atoms with van der Waals surface area (Å²) in [6.45, 7) is 2.66. The molecule has 22 heavy (non-hydrogen) atoms. The van der Waals surface area contributed by atoms with Crippen molar-refractivity contribution in [3.05, 3.63) is 71.8 Å². The Balaban J connectivity index is 1.95. The van der Waals surface area contributed by atoms with Crippen LogP contribution >= 0.6 is 7.82 Å². The topological polar surface area (TPSA) is 44.8 Å². The second-order valence-electron chi connectivity index (χ2n) is 4.80. The minimum absolute atomic E-state index is 0.191. The van der Waals surface area contributed by atoms with E-state index in [2.05, 4.69) is 0 Å². The van der Waals surface area contributed by atoms with Crippen LogP contribution < -0.4 is 0 Å². The molecule has 0 saturated heterocycles. The van der Waals surface area contributed by atoms with E-state index in [0.29, 0.717) is 6.61 Å². The zero-order chi connectivity index (χ0) is 15.7. The minimum Gasteiger partial charge on any atom is -0.287 e. The summed E-state index contributed by atoms with van der Waals surface area (Å²) in [7, 11) is -3.57. The van der Waals surface area contributed by atoms with Crippen molar-refractivity contribution in [1.29, 1.82) is 0 Å². The molecule has 0 fully saturated rings. The molecule has 0 aliphatic heterocycles. The van der Waals surface area contributed by atoms with Gasteiger partial charge < -0.3 is 0 Å². The Morgan fingerprint density at radius 3 is 1.64 bits per heavy atom. The van der Waals surface area contributed by atoms with Crippen LogP contribution in [0.3, 0.4) is 0 Å². The molecule has 5 heteroatoms. The van der Waals surface area contributed by atoms with Crippen molar-refractivity contribution < 1.29 is 18.1 Å². The maximum atomic E-state index is 12.7. The Hall–Kier alpha value is -1.45. The lowest BCUT2D eigenvalue weighted by Gasteiger charge is -2.18. The van der Waals surface area contributed by atoms with Gasteiger partial charge in [0.15, 0.2) is 0 Å². The maximum Gasteiger partial charge on any atom is 0.475 e. The second kappa shape index (κ2) is 8.86. The first-order valence-corrected chi connectivity index (χ1v) is 8.79. The Morgan fingerprint density at radius 1 is 0.773 bits per heavy atom. The van der Waals surface area contributed by atoms with Crippen LogP contribution in [0.4, 0.5) is 0 Å². The predicted molar refractivity (Wildman–Crippen MR) is 86.3 cm³/mol. The van der Waals surface area contributed by atoms with Gasteiger partial charge in [-0.2, -0.15) is 0 Å². The van der Waals surface area contributed by atoms with E-state index in [4.69, 9.17) is 13.6 Å². The van der Waals surface area contributed by atoms with Crippen molar-refractivity contribution in [2.45, 2.75) is 26.6 Å². The zero-order valence-electron chi connectivity index (χ0n) is 12.7. The van der Waals surface area contributed by atoms with E-state index in [0.717, 1.165) is 17.5 Å². The van der Waals surface area contributed by atoms with Gasteiger partial charge in [-0.15, -0.1) is 0 Å². The van der Waals surface area contributed by atoms with Crippen molar-refractivity contribution in [2.24, 2.45) is 0 Å². The van der Waals surface area contributed by atoms with Crippen LogP contribution in [0, 0.1) is 0 Å². The van der Waals surface area contributed by atoms with Gasteiger partial charge in [-0.05, 0) is 17.5 Å². The molecule has 0 unspecified atom stereocenters. The van der Waals surface area contributed by atoms with Crippen molar-refractivity contribution >= 4 is 7.82 Å². The van der Waals surface area contributed by atoms with E-state index < -0.39 is 7.82 Å². The molecule has 118 valence electrons. The number of hydrogen-bond acceptors (Lipinski definition) is 4. The first-order chi connectivity index (χ1) is 10.7. The average molecular weight is 320 g/mol. The molecule has 4 nitrogen and oxygen atoms in total. The highest BCUT2D eigenvalue weighted by Gasteiger charge is 2.26. The molecule has 2 aromatic carbocycles. The third-order valence-electron chi connectivity index (χ3n) is 2.92. The zero-order valence-corrected chi connectivity index (χ0v) is 13.6. The number of rotatable bonds is 9. The monoisotopic (exact) mass is 320 g/mol. The summed E-state index contributed by atoms with van der Waals surface area (Å²) in [6, 6.07) is 19.1. The maximum absolute atomic E-state index is 12.7. The van der Waals surface area contributed by atoms with Gasteiger partial charge in [-0.3, -0.25) is 13.6 Å². The molecule has 0 atom stereocenters. The van der Waals surface area contributed by atoms with Crippen LogP contribution in [0.1, 0.15) is 24.5 Å². The van der Waals surface area contributed by atoms with Gasteiger partial charge in [0.25, 0.3) is 0 Å². The lowest BCUT2D eigenvalue weighted by Crippen LogP contribution is -2.02. The van der Waals surface area contributed by atoms with E-state index in [1.807, 2.05) is 67.6 Å². The molecule has 0 aliphatic rings. The van der Waals surface area contributed by atoms with E-state index in [9.17, 15) is 4.57 Å². The van der Waals surface area contributed by atoms with Crippen molar-refractivity contribution in [2.75, 3.05) is 6.61 Å². The normalized spacial score (nSPS) is 11.5. The largest absolute Gasteiger partial charge is 0.475 e. The quantitative estimate of drug-likeness (QED) is 0.613. The summed E-state index contributed by atoms with van der Waals surface area (Å²) in [6.07, 6.45) is 0.743. The molecule has 2 rings (SSSR count). The molecule has 0 spiro atoms. The standard InChI is InChI=1S/C17H21O4P/c1-2-13-19-22(18,20-14-16-9-5-3-6-10-16)21-15-17-11-7-4-8-12-17/h3-12H,2,13-15H2,1H3. The van der Waals surface area contributed by atoms with Gasteiger partial charge in [0, 0.05) is 0 Å². The SMILES string of the molecule is CCCOP(=O)(OCc1ccccc1)OCc1ccccc1.